The van der Waals surface area contributed by atoms with E-state index in [1.807, 2.05) is 25.1 Å². The minimum absolute atomic E-state index is 0.0167. The maximum absolute atomic E-state index is 13.6. The number of anilines is 1. The van der Waals surface area contributed by atoms with Gasteiger partial charge in [-0.3, -0.25) is 4.79 Å². The van der Waals surface area contributed by atoms with Crippen LogP contribution in [0.3, 0.4) is 0 Å². The summed E-state index contributed by atoms with van der Waals surface area (Å²) in [5, 5.41) is 0. The fraction of sp³-hybridized carbons (Fsp3) is 0.412. The van der Waals surface area contributed by atoms with E-state index in [9.17, 15) is 9.18 Å². The van der Waals surface area contributed by atoms with Gasteiger partial charge in [-0.25, -0.2) is 9.37 Å². The van der Waals surface area contributed by atoms with Gasteiger partial charge < -0.3 is 14.4 Å². The number of piperidine rings is 1. The number of imidazole rings is 1. The third-order valence-electron chi connectivity index (χ3n) is 4.48. The molecule has 0 aliphatic carbocycles. The lowest BCUT2D eigenvalue weighted by Crippen LogP contribution is -2.45. The standard InChI is InChI=1S/C17H20FIN4O/c1-21-10-16(20-11-21)17(24)23-5-3-14(4-6-23)22(2)15-8-12(18)7-13(19)9-15/h7-11,14H,3-6H2,1-2H3. The van der Waals surface area contributed by atoms with Crippen LogP contribution in [0, 0.1) is 9.39 Å². The quantitative estimate of drug-likeness (QED) is 0.687. The molecule has 2 heterocycles. The van der Waals surface area contributed by atoms with Gasteiger partial charge in [0.15, 0.2) is 0 Å². The van der Waals surface area contributed by atoms with Crippen molar-refractivity contribution in [1.82, 2.24) is 14.5 Å². The van der Waals surface area contributed by atoms with E-state index >= 15 is 0 Å². The zero-order valence-electron chi connectivity index (χ0n) is 13.7. The Balaban J connectivity index is 1.63. The van der Waals surface area contributed by atoms with Gasteiger partial charge in [0.1, 0.15) is 11.5 Å². The molecule has 7 heteroatoms. The van der Waals surface area contributed by atoms with Crippen LogP contribution in [0.2, 0.25) is 0 Å². The van der Waals surface area contributed by atoms with Gasteiger partial charge in [-0.05, 0) is 53.6 Å². The number of hydrogen-bond acceptors (Lipinski definition) is 3. The molecule has 0 N–H and O–H groups in total. The predicted molar refractivity (Wildman–Crippen MR) is 99.7 cm³/mol. The van der Waals surface area contributed by atoms with Gasteiger partial charge in [0.25, 0.3) is 5.91 Å². The van der Waals surface area contributed by atoms with E-state index in [1.54, 1.807) is 23.2 Å². The lowest BCUT2D eigenvalue weighted by atomic mass is 10.0. The number of likely N-dealkylation sites (tertiary alicyclic amines) is 1. The highest BCUT2D eigenvalue weighted by Crippen LogP contribution is 2.25. The number of rotatable bonds is 3. The molecule has 1 aromatic carbocycles. The number of amides is 1. The largest absolute Gasteiger partial charge is 0.371 e. The molecule has 2 aromatic rings. The van der Waals surface area contributed by atoms with Gasteiger partial charge in [-0.2, -0.15) is 0 Å². The summed E-state index contributed by atoms with van der Waals surface area (Å²) in [6.07, 6.45) is 5.11. The van der Waals surface area contributed by atoms with Crippen LogP contribution in [-0.2, 0) is 7.05 Å². The second-order valence-corrected chi connectivity index (χ2v) is 7.43. The van der Waals surface area contributed by atoms with Crippen LogP contribution < -0.4 is 4.90 Å². The molecule has 24 heavy (non-hydrogen) atoms. The minimum Gasteiger partial charge on any atom is -0.371 e. The summed E-state index contributed by atoms with van der Waals surface area (Å²) in [6.45, 7) is 1.38. The summed E-state index contributed by atoms with van der Waals surface area (Å²) < 4.78 is 16.3. The summed E-state index contributed by atoms with van der Waals surface area (Å²) in [5.74, 6) is -0.233. The number of halogens is 2. The fourth-order valence-electron chi connectivity index (χ4n) is 3.10. The molecule has 1 amide bonds. The average molecular weight is 442 g/mol. The summed E-state index contributed by atoms with van der Waals surface area (Å²) >= 11 is 2.13. The zero-order valence-corrected chi connectivity index (χ0v) is 15.9. The molecule has 1 fully saturated rings. The molecule has 5 nitrogen and oxygen atoms in total. The van der Waals surface area contributed by atoms with Crippen LogP contribution in [0.5, 0.6) is 0 Å². The molecule has 1 aliphatic rings. The third kappa shape index (κ3) is 3.71. The molecular weight excluding hydrogens is 422 g/mol. The topological polar surface area (TPSA) is 41.4 Å². The SMILES string of the molecule is CN(c1cc(F)cc(I)c1)C1CCN(C(=O)c2cn(C)cn2)CC1. The minimum atomic E-state index is -0.216. The Labute approximate surface area is 154 Å². The van der Waals surface area contributed by atoms with Gasteiger partial charge in [0.2, 0.25) is 0 Å². The normalized spacial score (nSPS) is 15.6. The van der Waals surface area contributed by atoms with Crippen molar-refractivity contribution in [3.8, 4) is 0 Å². The van der Waals surface area contributed by atoms with Crippen molar-refractivity contribution in [2.45, 2.75) is 18.9 Å². The number of aryl methyl sites for hydroxylation is 1. The molecule has 0 unspecified atom stereocenters. The van der Waals surface area contributed by atoms with E-state index in [1.165, 1.54) is 6.07 Å². The average Bonchev–Trinajstić information content (AvgIpc) is 2.99. The van der Waals surface area contributed by atoms with Crippen LogP contribution in [-0.4, -0.2) is 46.5 Å². The van der Waals surface area contributed by atoms with Crippen LogP contribution >= 0.6 is 22.6 Å². The Morgan fingerprint density at radius 3 is 2.62 bits per heavy atom. The summed E-state index contributed by atoms with van der Waals surface area (Å²) in [6, 6.07) is 5.37. The highest BCUT2D eigenvalue weighted by molar-refractivity contribution is 14.1. The molecule has 128 valence electrons. The van der Waals surface area contributed by atoms with Crippen molar-refractivity contribution in [3.63, 3.8) is 0 Å². The number of nitrogens with zero attached hydrogens (tertiary/aromatic N) is 4. The van der Waals surface area contributed by atoms with Gasteiger partial charge in [-0.15, -0.1) is 0 Å². The highest BCUT2D eigenvalue weighted by Gasteiger charge is 2.27. The molecule has 0 radical (unpaired) electrons. The van der Waals surface area contributed by atoms with Gasteiger partial charge in [0, 0.05) is 48.7 Å². The van der Waals surface area contributed by atoms with Crippen LogP contribution in [0.1, 0.15) is 23.3 Å². The Kier molecular flexibility index (Phi) is 5.07. The predicted octanol–water partition coefficient (Wildman–Crippen LogP) is 2.90. The van der Waals surface area contributed by atoms with Crippen molar-refractivity contribution in [2.24, 2.45) is 7.05 Å². The van der Waals surface area contributed by atoms with E-state index in [0.717, 1.165) is 22.1 Å². The first-order valence-electron chi connectivity index (χ1n) is 7.90. The summed E-state index contributed by atoms with van der Waals surface area (Å²) in [5.41, 5.74) is 1.37. The van der Waals surface area contributed by atoms with E-state index in [2.05, 4.69) is 32.5 Å². The van der Waals surface area contributed by atoms with Gasteiger partial charge in [0.05, 0.1) is 6.33 Å². The van der Waals surface area contributed by atoms with Crippen molar-refractivity contribution < 1.29 is 9.18 Å². The molecule has 0 saturated carbocycles. The molecule has 0 spiro atoms. The van der Waals surface area contributed by atoms with Crippen molar-refractivity contribution in [1.29, 1.82) is 0 Å². The Bertz CT molecular complexity index is 720. The molecule has 0 bridgehead atoms. The number of carbonyl (C=O) groups excluding carboxylic acids is 1. The second kappa shape index (κ2) is 7.08. The summed E-state index contributed by atoms with van der Waals surface area (Å²) in [7, 11) is 3.84. The van der Waals surface area contributed by atoms with Crippen molar-refractivity contribution in [2.75, 3.05) is 25.0 Å². The zero-order chi connectivity index (χ0) is 17.3. The maximum atomic E-state index is 13.6. The molecule has 1 aromatic heterocycles. The summed E-state index contributed by atoms with van der Waals surface area (Å²) in [4.78, 5) is 20.5. The monoisotopic (exact) mass is 442 g/mol. The van der Waals surface area contributed by atoms with E-state index in [0.29, 0.717) is 24.8 Å². The van der Waals surface area contributed by atoms with Crippen molar-refractivity contribution in [3.05, 3.63) is 45.8 Å². The van der Waals surface area contributed by atoms with Crippen LogP contribution in [0.15, 0.2) is 30.7 Å². The Hall–Kier alpha value is -1.64. The number of aromatic nitrogens is 2. The number of hydrogen-bond donors (Lipinski definition) is 0. The number of benzene rings is 1. The van der Waals surface area contributed by atoms with Gasteiger partial charge in [-0.1, -0.05) is 0 Å². The maximum Gasteiger partial charge on any atom is 0.274 e. The van der Waals surface area contributed by atoms with E-state index < -0.39 is 0 Å². The first-order chi connectivity index (χ1) is 11.4. The third-order valence-corrected chi connectivity index (χ3v) is 5.10. The smallest absolute Gasteiger partial charge is 0.274 e. The first kappa shape index (κ1) is 17.2. The first-order valence-corrected chi connectivity index (χ1v) is 8.98. The second-order valence-electron chi connectivity index (χ2n) is 6.19. The van der Waals surface area contributed by atoms with E-state index in [-0.39, 0.29) is 11.7 Å². The number of carbonyl (C=O) groups is 1. The molecule has 1 saturated heterocycles. The van der Waals surface area contributed by atoms with Gasteiger partial charge >= 0.3 is 0 Å². The fourth-order valence-corrected chi connectivity index (χ4v) is 3.71. The molecule has 1 aliphatic heterocycles. The van der Waals surface area contributed by atoms with E-state index in [4.69, 9.17) is 0 Å². The lowest BCUT2D eigenvalue weighted by molar-refractivity contribution is 0.0708. The molecule has 3 rings (SSSR count). The molecular formula is C17H20FIN4O. The Morgan fingerprint density at radius 1 is 1.33 bits per heavy atom. The van der Waals surface area contributed by atoms with Crippen LogP contribution in [0.25, 0.3) is 0 Å². The van der Waals surface area contributed by atoms with Crippen LogP contribution in [0.4, 0.5) is 10.1 Å². The lowest BCUT2D eigenvalue weighted by Gasteiger charge is -2.37. The van der Waals surface area contributed by atoms with Crippen molar-refractivity contribution >= 4 is 34.2 Å². The highest BCUT2D eigenvalue weighted by atomic mass is 127. The Morgan fingerprint density at radius 2 is 2.04 bits per heavy atom. The molecule has 0 atom stereocenters.